The lowest BCUT2D eigenvalue weighted by molar-refractivity contribution is 0.569. The van der Waals surface area contributed by atoms with Crippen molar-refractivity contribution in [1.29, 1.82) is 0 Å². The highest BCUT2D eigenvalue weighted by molar-refractivity contribution is 5.86. The molecule has 2 rings (SSSR count). The van der Waals surface area contributed by atoms with Gasteiger partial charge in [-0.25, -0.2) is 0 Å². The highest BCUT2D eigenvalue weighted by atomic mass is 14.8. The molecule has 114 valence electrons. The molecule has 0 saturated heterocycles. The van der Waals surface area contributed by atoms with Crippen LogP contribution in [0.2, 0.25) is 0 Å². The molecule has 0 radical (unpaired) electrons. The monoisotopic (exact) mass is 284 g/mol. The lowest BCUT2D eigenvalue weighted by atomic mass is 9.89. The zero-order chi connectivity index (χ0) is 15.6. The van der Waals surface area contributed by atoms with E-state index >= 15 is 0 Å². The Kier molecular flexibility index (Phi) is 4.67. The average Bonchev–Trinajstić information content (AvgIpc) is 2.36. The molecule has 1 aromatic heterocycles. The molecule has 0 atom stereocenters. The number of benzene rings is 1. The van der Waals surface area contributed by atoms with Crippen molar-refractivity contribution in [3.8, 4) is 0 Å². The van der Waals surface area contributed by atoms with Gasteiger partial charge in [0.25, 0.3) is 0 Å². The standard InChI is InChI=1S/C19H28N2/c1-7-8-20-12-15-11-17(19(4,5)6)21-16-10-13(2)9-14(3)18(15)16/h9-11,20H,7-8,12H2,1-6H3. The highest BCUT2D eigenvalue weighted by Gasteiger charge is 2.18. The Hall–Kier alpha value is -1.41. The van der Waals surface area contributed by atoms with E-state index in [-0.39, 0.29) is 5.41 Å². The van der Waals surface area contributed by atoms with E-state index in [9.17, 15) is 0 Å². The van der Waals surface area contributed by atoms with E-state index in [0.29, 0.717) is 0 Å². The number of fused-ring (bicyclic) bond motifs is 1. The van der Waals surface area contributed by atoms with Gasteiger partial charge in [0.1, 0.15) is 0 Å². The van der Waals surface area contributed by atoms with Crippen LogP contribution in [0.5, 0.6) is 0 Å². The molecule has 2 heteroatoms. The van der Waals surface area contributed by atoms with Crippen molar-refractivity contribution in [2.24, 2.45) is 0 Å². The Morgan fingerprint density at radius 1 is 1.10 bits per heavy atom. The van der Waals surface area contributed by atoms with Crippen molar-refractivity contribution in [2.45, 2.75) is 59.9 Å². The summed E-state index contributed by atoms with van der Waals surface area (Å²) in [6.45, 7) is 15.2. The Balaban J connectivity index is 2.61. The molecule has 0 aliphatic heterocycles. The van der Waals surface area contributed by atoms with Crippen LogP contribution in [0.25, 0.3) is 10.9 Å². The minimum Gasteiger partial charge on any atom is -0.313 e. The van der Waals surface area contributed by atoms with Crippen LogP contribution in [-0.2, 0) is 12.0 Å². The third-order valence-electron chi connectivity index (χ3n) is 3.84. The molecule has 0 aliphatic rings. The lowest BCUT2D eigenvalue weighted by Crippen LogP contribution is -2.18. The molecule has 0 amide bonds. The van der Waals surface area contributed by atoms with Crippen LogP contribution in [0.1, 0.15) is 56.5 Å². The first kappa shape index (κ1) is 16.0. The summed E-state index contributed by atoms with van der Waals surface area (Å²) in [5, 5.41) is 4.85. The van der Waals surface area contributed by atoms with Gasteiger partial charge in [-0.3, -0.25) is 4.98 Å². The van der Waals surface area contributed by atoms with Crippen LogP contribution in [0, 0.1) is 13.8 Å². The van der Waals surface area contributed by atoms with Crippen molar-refractivity contribution in [3.63, 3.8) is 0 Å². The first-order valence-corrected chi connectivity index (χ1v) is 7.95. The lowest BCUT2D eigenvalue weighted by Gasteiger charge is -2.21. The van der Waals surface area contributed by atoms with Gasteiger partial charge in [0.05, 0.1) is 5.52 Å². The zero-order valence-corrected chi connectivity index (χ0v) is 14.3. The quantitative estimate of drug-likeness (QED) is 0.827. The molecule has 0 unspecified atom stereocenters. The van der Waals surface area contributed by atoms with Crippen molar-refractivity contribution in [1.82, 2.24) is 10.3 Å². The van der Waals surface area contributed by atoms with Gasteiger partial charge in [-0.05, 0) is 55.6 Å². The van der Waals surface area contributed by atoms with Crippen LogP contribution >= 0.6 is 0 Å². The summed E-state index contributed by atoms with van der Waals surface area (Å²) in [7, 11) is 0. The molecule has 1 heterocycles. The molecule has 1 N–H and O–H groups in total. The Morgan fingerprint density at radius 2 is 1.81 bits per heavy atom. The molecule has 2 nitrogen and oxygen atoms in total. The van der Waals surface area contributed by atoms with Gasteiger partial charge in [0.15, 0.2) is 0 Å². The number of nitrogens with one attached hydrogen (secondary N) is 1. The van der Waals surface area contributed by atoms with E-state index in [2.05, 4.69) is 65.1 Å². The van der Waals surface area contributed by atoms with Crippen LogP contribution < -0.4 is 5.32 Å². The second kappa shape index (κ2) is 6.15. The van der Waals surface area contributed by atoms with E-state index in [1.165, 1.54) is 27.8 Å². The molecule has 2 aromatic rings. The number of nitrogens with zero attached hydrogens (tertiary/aromatic N) is 1. The normalized spacial score (nSPS) is 12.1. The molecule has 1 aromatic carbocycles. The summed E-state index contributed by atoms with van der Waals surface area (Å²) >= 11 is 0. The first-order valence-electron chi connectivity index (χ1n) is 7.95. The van der Waals surface area contributed by atoms with Crippen molar-refractivity contribution in [3.05, 3.63) is 40.6 Å². The average molecular weight is 284 g/mol. The SMILES string of the molecule is CCCNCc1cc(C(C)(C)C)nc2cc(C)cc(C)c12. The number of aromatic nitrogens is 1. The van der Waals surface area contributed by atoms with E-state index < -0.39 is 0 Å². The number of hydrogen-bond acceptors (Lipinski definition) is 2. The van der Waals surface area contributed by atoms with Crippen molar-refractivity contribution < 1.29 is 0 Å². The van der Waals surface area contributed by atoms with Gasteiger partial charge >= 0.3 is 0 Å². The largest absolute Gasteiger partial charge is 0.313 e. The maximum absolute atomic E-state index is 4.93. The van der Waals surface area contributed by atoms with Gasteiger partial charge in [-0.2, -0.15) is 0 Å². The molecule has 0 fully saturated rings. The Bertz CT molecular complexity index is 636. The number of hydrogen-bond donors (Lipinski definition) is 1. The van der Waals surface area contributed by atoms with Crippen LogP contribution in [0.3, 0.4) is 0 Å². The Labute approximate surface area is 129 Å². The van der Waals surface area contributed by atoms with Gasteiger partial charge in [0.2, 0.25) is 0 Å². The number of pyridine rings is 1. The summed E-state index contributed by atoms with van der Waals surface area (Å²) in [5.41, 5.74) is 6.36. The summed E-state index contributed by atoms with van der Waals surface area (Å²) < 4.78 is 0. The fourth-order valence-electron chi connectivity index (χ4n) is 2.77. The minimum atomic E-state index is 0.0747. The smallest absolute Gasteiger partial charge is 0.0714 e. The van der Waals surface area contributed by atoms with Gasteiger partial charge in [-0.15, -0.1) is 0 Å². The predicted molar refractivity (Wildman–Crippen MR) is 91.9 cm³/mol. The highest BCUT2D eigenvalue weighted by Crippen LogP contribution is 2.29. The van der Waals surface area contributed by atoms with Gasteiger partial charge in [-0.1, -0.05) is 33.8 Å². The zero-order valence-electron chi connectivity index (χ0n) is 14.3. The third kappa shape index (κ3) is 3.62. The van der Waals surface area contributed by atoms with E-state index in [1.54, 1.807) is 0 Å². The number of rotatable bonds is 4. The van der Waals surface area contributed by atoms with Crippen LogP contribution in [0.15, 0.2) is 18.2 Å². The predicted octanol–water partition coefficient (Wildman–Crippen LogP) is 4.65. The second-order valence-corrected chi connectivity index (χ2v) is 7.07. The van der Waals surface area contributed by atoms with Gasteiger partial charge in [0, 0.05) is 23.0 Å². The van der Waals surface area contributed by atoms with Crippen LogP contribution in [-0.4, -0.2) is 11.5 Å². The van der Waals surface area contributed by atoms with E-state index in [4.69, 9.17) is 4.98 Å². The van der Waals surface area contributed by atoms with E-state index in [1.807, 2.05) is 0 Å². The molecule has 21 heavy (non-hydrogen) atoms. The summed E-state index contributed by atoms with van der Waals surface area (Å²) in [4.78, 5) is 4.93. The maximum atomic E-state index is 4.93. The van der Waals surface area contributed by atoms with Crippen molar-refractivity contribution >= 4 is 10.9 Å². The van der Waals surface area contributed by atoms with Crippen LogP contribution in [0.4, 0.5) is 0 Å². The number of aryl methyl sites for hydroxylation is 2. The van der Waals surface area contributed by atoms with Crippen molar-refractivity contribution in [2.75, 3.05) is 6.54 Å². The minimum absolute atomic E-state index is 0.0747. The molecule has 0 aliphatic carbocycles. The summed E-state index contributed by atoms with van der Waals surface area (Å²) in [6.07, 6.45) is 1.16. The first-order chi connectivity index (χ1) is 9.82. The fraction of sp³-hybridized carbons (Fsp3) is 0.526. The second-order valence-electron chi connectivity index (χ2n) is 7.07. The summed E-state index contributed by atoms with van der Waals surface area (Å²) in [5.74, 6) is 0. The van der Waals surface area contributed by atoms with Gasteiger partial charge < -0.3 is 5.32 Å². The topological polar surface area (TPSA) is 24.9 Å². The Morgan fingerprint density at radius 3 is 2.43 bits per heavy atom. The molecule has 0 saturated carbocycles. The summed E-state index contributed by atoms with van der Waals surface area (Å²) in [6, 6.07) is 6.75. The fourth-order valence-corrected chi connectivity index (χ4v) is 2.77. The molecule has 0 spiro atoms. The molecular formula is C19H28N2. The maximum Gasteiger partial charge on any atom is 0.0714 e. The molecular weight excluding hydrogens is 256 g/mol. The molecule has 0 bridgehead atoms. The third-order valence-corrected chi connectivity index (χ3v) is 3.84. The van der Waals surface area contributed by atoms with E-state index in [0.717, 1.165) is 25.0 Å².